The Morgan fingerprint density at radius 2 is 2.21 bits per heavy atom. The molecule has 1 aromatic rings. The van der Waals surface area contributed by atoms with E-state index in [1.54, 1.807) is 19.5 Å². The van der Waals surface area contributed by atoms with Crippen LogP contribution in [0.2, 0.25) is 0 Å². The van der Waals surface area contributed by atoms with Crippen LogP contribution in [0.25, 0.3) is 0 Å². The van der Waals surface area contributed by atoms with Crippen LogP contribution in [0.15, 0.2) is 18.5 Å². The van der Waals surface area contributed by atoms with Gasteiger partial charge in [-0.15, -0.1) is 0 Å². The smallest absolute Gasteiger partial charge is 0.142 e. The molecule has 0 amide bonds. The molecule has 0 bridgehead atoms. The molecule has 1 aliphatic heterocycles. The fourth-order valence-corrected chi connectivity index (χ4v) is 2.79. The maximum absolute atomic E-state index is 9.74. The van der Waals surface area contributed by atoms with E-state index >= 15 is 0 Å². The van der Waals surface area contributed by atoms with E-state index in [9.17, 15) is 5.11 Å². The highest BCUT2D eigenvalue weighted by Crippen LogP contribution is 2.33. The van der Waals surface area contributed by atoms with Crippen molar-refractivity contribution in [3.05, 3.63) is 24.3 Å². The van der Waals surface area contributed by atoms with Crippen molar-refractivity contribution in [1.82, 2.24) is 14.9 Å². The number of aliphatic hydroxyl groups excluding tert-OH is 1. The van der Waals surface area contributed by atoms with Crippen molar-refractivity contribution in [2.45, 2.75) is 25.8 Å². The molecule has 1 fully saturated rings. The first-order valence-corrected chi connectivity index (χ1v) is 6.86. The van der Waals surface area contributed by atoms with Crippen molar-refractivity contribution in [1.29, 1.82) is 0 Å². The number of likely N-dealkylation sites (tertiary alicyclic amines) is 1. The van der Waals surface area contributed by atoms with Gasteiger partial charge in [0.05, 0.1) is 13.2 Å². The molecule has 0 unspecified atom stereocenters. The molecule has 0 aromatic carbocycles. The van der Waals surface area contributed by atoms with Crippen LogP contribution in [0, 0.1) is 5.41 Å². The summed E-state index contributed by atoms with van der Waals surface area (Å²) in [7, 11) is 1.71. The normalized spacial score (nSPS) is 24.5. The van der Waals surface area contributed by atoms with Gasteiger partial charge >= 0.3 is 0 Å². The third kappa shape index (κ3) is 3.96. The van der Waals surface area contributed by atoms with E-state index in [0.717, 1.165) is 44.7 Å². The van der Waals surface area contributed by atoms with Crippen molar-refractivity contribution >= 4 is 0 Å². The van der Waals surface area contributed by atoms with E-state index in [1.165, 1.54) is 0 Å². The molecule has 0 spiro atoms. The molecule has 1 aliphatic rings. The second kappa shape index (κ2) is 6.93. The second-order valence-electron chi connectivity index (χ2n) is 5.38. The first kappa shape index (κ1) is 14.4. The first-order chi connectivity index (χ1) is 9.28. The molecular weight excluding hydrogens is 242 g/mol. The number of hydrogen-bond acceptors (Lipinski definition) is 5. The topological polar surface area (TPSA) is 58.5 Å². The Kier molecular flexibility index (Phi) is 5.24. The fraction of sp³-hybridized carbons (Fsp3) is 0.714. The molecule has 19 heavy (non-hydrogen) atoms. The Hall–Kier alpha value is -1.04. The molecule has 5 nitrogen and oxygen atoms in total. The zero-order valence-electron chi connectivity index (χ0n) is 11.6. The predicted octanol–water partition coefficient (Wildman–Crippen LogP) is 1.09. The van der Waals surface area contributed by atoms with Gasteiger partial charge in [-0.2, -0.15) is 0 Å². The molecule has 0 radical (unpaired) electrons. The minimum atomic E-state index is -0.0248. The third-order valence-electron chi connectivity index (χ3n) is 3.90. The van der Waals surface area contributed by atoms with Crippen LogP contribution < -0.4 is 0 Å². The van der Waals surface area contributed by atoms with Crippen LogP contribution in [0.3, 0.4) is 0 Å². The SMILES string of the molecule is COCC[C@]1(CO)CCCN(Cc2ncccn2)C1. The van der Waals surface area contributed by atoms with Gasteiger partial charge in [0.2, 0.25) is 0 Å². The lowest BCUT2D eigenvalue weighted by Gasteiger charge is -2.41. The lowest BCUT2D eigenvalue weighted by Crippen LogP contribution is -2.45. The first-order valence-electron chi connectivity index (χ1n) is 6.86. The van der Waals surface area contributed by atoms with Gasteiger partial charge in [0.1, 0.15) is 5.82 Å². The zero-order chi connectivity index (χ0) is 13.6. The highest BCUT2D eigenvalue weighted by Gasteiger charge is 2.34. The number of piperidine rings is 1. The van der Waals surface area contributed by atoms with Crippen LogP contribution in [-0.2, 0) is 11.3 Å². The van der Waals surface area contributed by atoms with Gasteiger partial charge in [-0.3, -0.25) is 4.90 Å². The Bertz CT molecular complexity index is 374. The van der Waals surface area contributed by atoms with E-state index in [4.69, 9.17) is 4.74 Å². The number of nitrogens with zero attached hydrogens (tertiary/aromatic N) is 3. The average Bonchev–Trinajstić information content (AvgIpc) is 2.46. The molecule has 0 saturated carbocycles. The molecule has 1 atom stereocenters. The van der Waals surface area contributed by atoms with Crippen molar-refractivity contribution in [3.8, 4) is 0 Å². The average molecular weight is 265 g/mol. The monoisotopic (exact) mass is 265 g/mol. The summed E-state index contributed by atoms with van der Waals surface area (Å²) in [6, 6.07) is 1.83. The Morgan fingerprint density at radius 1 is 1.42 bits per heavy atom. The van der Waals surface area contributed by atoms with Gasteiger partial charge in [0, 0.05) is 38.1 Å². The van der Waals surface area contributed by atoms with Crippen molar-refractivity contribution < 1.29 is 9.84 Å². The molecule has 1 saturated heterocycles. The Balaban J connectivity index is 1.95. The summed E-state index contributed by atoms with van der Waals surface area (Å²) < 4.78 is 5.17. The minimum absolute atomic E-state index is 0.0248. The summed E-state index contributed by atoms with van der Waals surface area (Å²) in [6.07, 6.45) is 6.63. The molecule has 2 rings (SSSR count). The number of aromatic nitrogens is 2. The predicted molar refractivity (Wildman–Crippen MR) is 72.6 cm³/mol. The molecule has 1 aromatic heterocycles. The van der Waals surface area contributed by atoms with E-state index < -0.39 is 0 Å². The third-order valence-corrected chi connectivity index (χ3v) is 3.90. The summed E-state index contributed by atoms with van der Waals surface area (Å²) in [6.45, 7) is 3.63. The van der Waals surface area contributed by atoms with Gasteiger partial charge < -0.3 is 9.84 Å². The lowest BCUT2D eigenvalue weighted by atomic mass is 9.78. The second-order valence-corrected chi connectivity index (χ2v) is 5.38. The number of ether oxygens (including phenoxy) is 1. The van der Waals surface area contributed by atoms with Crippen LogP contribution in [0.5, 0.6) is 0 Å². The van der Waals surface area contributed by atoms with Gasteiger partial charge in [-0.1, -0.05) is 0 Å². The Labute approximate surface area is 114 Å². The molecule has 106 valence electrons. The maximum atomic E-state index is 9.74. The van der Waals surface area contributed by atoms with Crippen LogP contribution in [0.1, 0.15) is 25.1 Å². The molecule has 0 aliphatic carbocycles. The molecule has 5 heteroatoms. The van der Waals surface area contributed by atoms with Crippen molar-refractivity contribution in [3.63, 3.8) is 0 Å². The Morgan fingerprint density at radius 3 is 2.89 bits per heavy atom. The summed E-state index contributed by atoms with van der Waals surface area (Å²) in [5.41, 5.74) is -0.0248. The van der Waals surface area contributed by atoms with Gasteiger partial charge in [-0.25, -0.2) is 9.97 Å². The minimum Gasteiger partial charge on any atom is -0.396 e. The van der Waals surface area contributed by atoms with Crippen molar-refractivity contribution in [2.75, 3.05) is 33.4 Å². The van der Waals surface area contributed by atoms with Crippen molar-refractivity contribution in [2.24, 2.45) is 5.41 Å². The zero-order valence-corrected chi connectivity index (χ0v) is 11.6. The van der Waals surface area contributed by atoms with Gasteiger partial charge in [0.15, 0.2) is 0 Å². The highest BCUT2D eigenvalue weighted by molar-refractivity contribution is 4.92. The van der Waals surface area contributed by atoms with Gasteiger partial charge in [-0.05, 0) is 31.9 Å². The maximum Gasteiger partial charge on any atom is 0.142 e. The molecular formula is C14H23N3O2. The highest BCUT2D eigenvalue weighted by atomic mass is 16.5. The summed E-state index contributed by atoms with van der Waals surface area (Å²) in [5.74, 6) is 0.850. The van der Waals surface area contributed by atoms with Crippen LogP contribution in [0.4, 0.5) is 0 Å². The van der Waals surface area contributed by atoms with E-state index in [2.05, 4.69) is 14.9 Å². The van der Waals surface area contributed by atoms with Crippen LogP contribution >= 0.6 is 0 Å². The summed E-state index contributed by atoms with van der Waals surface area (Å²) in [5, 5.41) is 9.74. The quantitative estimate of drug-likeness (QED) is 0.834. The van der Waals surface area contributed by atoms with E-state index in [0.29, 0.717) is 6.61 Å². The fourth-order valence-electron chi connectivity index (χ4n) is 2.79. The molecule has 2 heterocycles. The standard InChI is InChI=1S/C14H23N3O2/c1-19-9-5-14(12-18)4-2-8-17(11-14)10-13-15-6-3-7-16-13/h3,6-7,18H,2,4-5,8-12H2,1H3/t14-/m1/s1. The lowest BCUT2D eigenvalue weighted by molar-refractivity contribution is 0.00396. The van der Waals surface area contributed by atoms with Gasteiger partial charge in [0.25, 0.3) is 0 Å². The van der Waals surface area contributed by atoms with E-state index in [1.807, 2.05) is 6.07 Å². The number of rotatable bonds is 6. The van der Waals surface area contributed by atoms with Crippen LogP contribution in [-0.4, -0.2) is 53.4 Å². The largest absolute Gasteiger partial charge is 0.396 e. The number of hydrogen-bond donors (Lipinski definition) is 1. The number of aliphatic hydroxyl groups is 1. The molecule has 1 N–H and O–H groups in total. The summed E-state index contributed by atoms with van der Waals surface area (Å²) >= 11 is 0. The number of methoxy groups -OCH3 is 1. The summed E-state index contributed by atoms with van der Waals surface area (Å²) in [4.78, 5) is 10.9. The van der Waals surface area contributed by atoms with E-state index in [-0.39, 0.29) is 12.0 Å².